The van der Waals surface area contributed by atoms with E-state index in [1.807, 2.05) is 54.6 Å². The molecule has 0 saturated heterocycles. The van der Waals surface area contributed by atoms with Crippen LogP contribution in [0.3, 0.4) is 0 Å². The van der Waals surface area contributed by atoms with Gasteiger partial charge in [-0.05, 0) is 54.4 Å². The number of nitrogens with one attached hydrogen (secondary N) is 1. The van der Waals surface area contributed by atoms with E-state index in [4.69, 9.17) is 0 Å². The first-order valence-corrected chi connectivity index (χ1v) is 8.88. The Hall–Kier alpha value is -3.14. The monoisotopic (exact) mass is 345 g/mol. The summed E-state index contributed by atoms with van der Waals surface area (Å²) in [4.78, 5) is 14.5. The molecule has 3 rings (SSSR count). The molecule has 0 fully saturated rings. The first-order chi connectivity index (χ1) is 12.7. The minimum atomic E-state index is -0.216. The van der Waals surface area contributed by atoms with Gasteiger partial charge in [0, 0.05) is 24.3 Å². The molecule has 0 aromatic heterocycles. The van der Waals surface area contributed by atoms with Gasteiger partial charge in [0.25, 0.3) is 5.91 Å². The van der Waals surface area contributed by atoms with Crippen molar-refractivity contribution in [3.8, 4) is 0 Å². The highest BCUT2D eigenvalue weighted by molar-refractivity contribution is 5.99. The van der Waals surface area contributed by atoms with Crippen molar-refractivity contribution in [3.63, 3.8) is 0 Å². The molecule has 4 nitrogen and oxygen atoms in total. The van der Waals surface area contributed by atoms with Crippen LogP contribution in [0.25, 0.3) is 10.8 Å². The Bertz CT molecular complexity index is 912. The SMILES string of the molecule is CCN(CC)c1ccc(C=NNC(=O)c2ccc3ccccc3c2)cc1. The molecular weight excluding hydrogens is 322 g/mol. The van der Waals surface area contributed by atoms with E-state index in [1.165, 1.54) is 5.69 Å². The number of nitrogens with zero attached hydrogens (tertiary/aromatic N) is 2. The molecule has 4 heteroatoms. The predicted octanol–water partition coefficient (Wildman–Crippen LogP) is 4.45. The number of carbonyl (C=O) groups is 1. The minimum Gasteiger partial charge on any atom is -0.372 e. The molecule has 0 unspecified atom stereocenters. The summed E-state index contributed by atoms with van der Waals surface area (Å²) in [5.41, 5.74) is 5.32. The molecule has 26 heavy (non-hydrogen) atoms. The molecule has 1 N–H and O–H groups in total. The molecule has 0 heterocycles. The fourth-order valence-corrected chi connectivity index (χ4v) is 2.92. The molecule has 0 aliphatic rings. The fourth-order valence-electron chi connectivity index (χ4n) is 2.92. The third-order valence-electron chi connectivity index (χ3n) is 4.41. The van der Waals surface area contributed by atoms with Crippen LogP contribution in [0, 0.1) is 0 Å². The van der Waals surface area contributed by atoms with E-state index in [9.17, 15) is 4.79 Å². The summed E-state index contributed by atoms with van der Waals surface area (Å²) in [5.74, 6) is -0.216. The number of fused-ring (bicyclic) bond motifs is 1. The van der Waals surface area contributed by atoms with Gasteiger partial charge in [-0.3, -0.25) is 4.79 Å². The van der Waals surface area contributed by atoms with Crippen molar-refractivity contribution in [1.29, 1.82) is 0 Å². The molecule has 0 radical (unpaired) electrons. The molecule has 132 valence electrons. The Kier molecular flexibility index (Phi) is 5.64. The van der Waals surface area contributed by atoms with Gasteiger partial charge in [0.05, 0.1) is 6.21 Å². The molecule has 0 aliphatic heterocycles. The number of amides is 1. The molecule has 0 aliphatic carbocycles. The van der Waals surface area contributed by atoms with Gasteiger partial charge in [-0.1, -0.05) is 42.5 Å². The van der Waals surface area contributed by atoms with E-state index in [-0.39, 0.29) is 5.91 Å². The van der Waals surface area contributed by atoms with Crippen molar-refractivity contribution in [2.75, 3.05) is 18.0 Å². The third kappa shape index (κ3) is 4.09. The van der Waals surface area contributed by atoms with Gasteiger partial charge >= 0.3 is 0 Å². The zero-order chi connectivity index (χ0) is 18.4. The molecular formula is C22H23N3O. The van der Waals surface area contributed by atoms with Crippen LogP contribution >= 0.6 is 0 Å². The Labute approximate surface area is 154 Å². The van der Waals surface area contributed by atoms with Crippen LogP contribution in [-0.2, 0) is 0 Å². The molecule has 0 atom stereocenters. The van der Waals surface area contributed by atoms with Crippen molar-refractivity contribution in [2.45, 2.75) is 13.8 Å². The summed E-state index contributed by atoms with van der Waals surface area (Å²) in [6.45, 7) is 6.24. The number of anilines is 1. The lowest BCUT2D eigenvalue weighted by atomic mass is 10.1. The molecule has 1 amide bonds. The van der Waals surface area contributed by atoms with E-state index < -0.39 is 0 Å². The topological polar surface area (TPSA) is 44.7 Å². The van der Waals surface area contributed by atoms with Crippen LogP contribution in [-0.4, -0.2) is 25.2 Å². The van der Waals surface area contributed by atoms with E-state index in [0.717, 1.165) is 29.4 Å². The van der Waals surface area contributed by atoms with Crippen molar-refractivity contribution in [3.05, 3.63) is 77.9 Å². The predicted molar refractivity (Wildman–Crippen MR) is 109 cm³/mol. The van der Waals surface area contributed by atoms with Crippen molar-refractivity contribution in [1.82, 2.24) is 5.43 Å². The van der Waals surface area contributed by atoms with Crippen LogP contribution in [0.1, 0.15) is 29.8 Å². The van der Waals surface area contributed by atoms with Crippen LogP contribution in [0.15, 0.2) is 71.8 Å². The van der Waals surface area contributed by atoms with Gasteiger partial charge in [-0.2, -0.15) is 5.10 Å². The zero-order valence-electron chi connectivity index (χ0n) is 15.1. The van der Waals surface area contributed by atoms with E-state index in [2.05, 4.69) is 41.4 Å². The Morgan fingerprint density at radius 1 is 0.962 bits per heavy atom. The second kappa shape index (κ2) is 8.30. The number of hydrogen-bond acceptors (Lipinski definition) is 3. The van der Waals surface area contributed by atoms with Crippen LogP contribution in [0.2, 0.25) is 0 Å². The first-order valence-electron chi connectivity index (χ1n) is 8.88. The summed E-state index contributed by atoms with van der Waals surface area (Å²) >= 11 is 0. The smallest absolute Gasteiger partial charge is 0.271 e. The standard InChI is InChI=1S/C22H23N3O/c1-3-25(4-2)21-13-9-17(10-14-21)16-23-24-22(26)20-12-11-18-7-5-6-8-19(18)15-20/h5-16H,3-4H2,1-2H3,(H,24,26). The maximum Gasteiger partial charge on any atom is 0.271 e. The molecule has 0 bridgehead atoms. The summed E-state index contributed by atoms with van der Waals surface area (Å²) in [7, 11) is 0. The average molecular weight is 345 g/mol. The van der Waals surface area contributed by atoms with E-state index in [0.29, 0.717) is 5.56 Å². The summed E-state index contributed by atoms with van der Waals surface area (Å²) in [6.07, 6.45) is 1.66. The van der Waals surface area contributed by atoms with Gasteiger partial charge in [-0.25, -0.2) is 5.43 Å². The first kappa shape index (κ1) is 17.7. The van der Waals surface area contributed by atoms with Crippen molar-refractivity contribution < 1.29 is 4.79 Å². The number of hydrogen-bond donors (Lipinski definition) is 1. The zero-order valence-corrected chi connectivity index (χ0v) is 15.1. The highest BCUT2D eigenvalue weighted by Gasteiger charge is 2.05. The van der Waals surface area contributed by atoms with Crippen molar-refractivity contribution >= 4 is 28.6 Å². The Balaban J connectivity index is 1.64. The number of rotatable bonds is 6. The lowest BCUT2D eigenvalue weighted by molar-refractivity contribution is 0.0955. The molecule has 0 saturated carbocycles. The van der Waals surface area contributed by atoms with Gasteiger partial charge in [-0.15, -0.1) is 0 Å². The largest absolute Gasteiger partial charge is 0.372 e. The number of hydrazone groups is 1. The second-order valence-electron chi connectivity index (χ2n) is 6.02. The maximum atomic E-state index is 12.3. The summed E-state index contributed by atoms with van der Waals surface area (Å²) in [5, 5.41) is 6.22. The van der Waals surface area contributed by atoms with Gasteiger partial charge < -0.3 is 4.90 Å². The molecule has 3 aromatic rings. The highest BCUT2D eigenvalue weighted by atomic mass is 16.2. The Morgan fingerprint density at radius 3 is 2.35 bits per heavy atom. The highest BCUT2D eigenvalue weighted by Crippen LogP contribution is 2.16. The van der Waals surface area contributed by atoms with Crippen LogP contribution in [0.4, 0.5) is 5.69 Å². The number of benzene rings is 3. The van der Waals surface area contributed by atoms with Gasteiger partial charge in [0.2, 0.25) is 0 Å². The van der Waals surface area contributed by atoms with Crippen molar-refractivity contribution in [2.24, 2.45) is 5.10 Å². The van der Waals surface area contributed by atoms with E-state index in [1.54, 1.807) is 6.21 Å². The quantitative estimate of drug-likeness (QED) is 0.530. The fraction of sp³-hybridized carbons (Fsp3) is 0.182. The molecule has 3 aromatic carbocycles. The summed E-state index contributed by atoms with van der Waals surface area (Å²) < 4.78 is 0. The third-order valence-corrected chi connectivity index (χ3v) is 4.41. The lowest BCUT2D eigenvalue weighted by Gasteiger charge is -2.20. The van der Waals surface area contributed by atoms with E-state index >= 15 is 0 Å². The summed E-state index contributed by atoms with van der Waals surface area (Å²) in [6, 6.07) is 21.7. The van der Waals surface area contributed by atoms with Gasteiger partial charge in [0.1, 0.15) is 0 Å². The van der Waals surface area contributed by atoms with Crippen LogP contribution in [0.5, 0.6) is 0 Å². The lowest BCUT2D eigenvalue weighted by Crippen LogP contribution is -2.21. The Morgan fingerprint density at radius 2 is 1.65 bits per heavy atom. The average Bonchev–Trinajstić information content (AvgIpc) is 2.69. The normalized spacial score (nSPS) is 11.0. The second-order valence-corrected chi connectivity index (χ2v) is 6.02. The van der Waals surface area contributed by atoms with Crippen LogP contribution < -0.4 is 10.3 Å². The van der Waals surface area contributed by atoms with Gasteiger partial charge in [0.15, 0.2) is 0 Å². The minimum absolute atomic E-state index is 0.216. The molecule has 0 spiro atoms. The number of carbonyl (C=O) groups excluding carboxylic acids is 1. The maximum absolute atomic E-state index is 12.3.